The van der Waals surface area contributed by atoms with Crippen molar-refractivity contribution in [2.45, 2.75) is 51.1 Å². The van der Waals surface area contributed by atoms with Crippen LogP contribution in [0.5, 0.6) is 0 Å². The van der Waals surface area contributed by atoms with Crippen molar-refractivity contribution in [2.75, 3.05) is 7.11 Å². The summed E-state index contributed by atoms with van der Waals surface area (Å²) in [5.74, 6) is -1.04. The maximum atomic E-state index is 9.71. The van der Waals surface area contributed by atoms with Crippen molar-refractivity contribution in [2.24, 2.45) is 0 Å². The van der Waals surface area contributed by atoms with Crippen LogP contribution in [0.2, 0.25) is 0 Å². The Hall–Kier alpha value is -0.120. The molecule has 3 heteroatoms. The van der Waals surface area contributed by atoms with E-state index in [0.717, 1.165) is 6.42 Å². The summed E-state index contributed by atoms with van der Waals surface area (Å²) in [5.41, 5.74) is -0.249. The first-order chi connectivity index (χ1) is 5.37. The minimum atomic E-state index is -1.04. The number of methoxy groups -OCH3 is 1. The molecule has 1 saturated heterocycles. The SMILES string of the molecule is CO[C@@]1(C)C[C@H](C)O[C@@](C)(O)C1. The molecule has 0 aliphatic carbocycles. The molecule has 12 heavy (non-hydrogen) atoms. The number of hydrogen-bond acceptors (Lipinski definition) is 3. The van der Waals surface area contributed by atoms with Gasteiger partial charge in [-0.05, 0) is 20.8 Å². The first kappa shape index (κ1) is 9.96. The lowest BCUT2D eigenvalue weighted by Gasteiger charge is -2.43. The molecule has 0 bridgehead atoms. The van der Waals surface area contributed by atoms with Gasteiger partial charge in [0.15, 0.2) is 5.79 Å². The summed E-state index contributed by atoms with van der Waals surface area (Å²) in [6, 6.07) is 0. The Balaban J connectivity index is 2.70. The van der Waals surface area contributed by atoms with Gasteiger partial charge < -0.3 is 14.6 Å². The molecule has 1 aliphatic rings. The number of rotatable bonds is 1. The molecule has 0 unspecified atom stereocenters. The van der Waals surface area contributed by atoms with Crippen LogP contribution < -0.4 is 0 Å². The Morgan fingerprint density at radius 2 is 2.08 bits per heavy atom. The zero-order chi connectivity index (χ0) is 9.41. The Kier molecular flexibility index (Phi) is 2.47. The van der Waals surface area contributed by atoms with Gasteiger partial charge in [0.25, 0.3) is 0 Å². The van der Waals surface area contributed by atoms with E-state index in [1.54, 1.807) is 14.0 Å². The predicted octanol–water partition coefficient (Wildman–Crippen LogP) is 1.30. The summed E-state index contributed by atoms with van der Waals surface area (Å²) in [6.45, 7) is 5.63. The van der Waals surface area contributed by atoms with Gasteiger partial charge in [0.05, 0.1) is 11.7 Å². The van der Waals surface area contributed by atoms with Gasteiger partial charge in [0.1, 0.15) is 0 Å². The van der Waals surface area contributed by atoms with E-state index in [-0.39, 0.29) is 11.7 Å². The molecular weight excluding hydrogens is 156 g/mol. The third-order valence-electron chi connectivity index (χ3n) is 2.37. The van der Waals surface area contributed by atoms with E-state index in [4.69, 9.17) is 9.47 Å². The highest BCUT2D eigenvalue weighted by Gasteiger charge is 2.42. The zero-order valence-electron chi connectivity index (χ0n) is 8.26. The van der Waals surface area contributed by atoms with Crippen LogP contribution in [0, 0.1) is 0 Å². The van der Waals surface area contributed by atoms with E-state index in [1.165, 1.54) is 0 Å². The Morgan fingerprint density at radius 1 is 1.50 bits per heavy atom. The van der Waals surface area contributed by atoms with E-state index in [0.29, 0.717) is 6.42 Å². The Bertz CT molecular complexity index is 167. The Labute approximate surface area is 73.7 Å². The molecule has 1 N–H and O–H groups in total. The van der Waals surface area contributed by atoms with Gasteiger partial charge in [0, 0.05) is 20.0 Å². The summed E-state index contributed by atoms with van der Waals surface area (Å²) in [4.78, 5) is 0. The van der Waals surface area contributed by atoms with Gasteiger partial charge in [-0.2, -0.15) is 0 Å². The van der Waals surface area contributed by atoms with E-state index in [9.17, 15) is 5.11 Å². The second kappa shape index (κ2) is 2.98. The van der Waals surface area contributed by atoms with Crippen LogP contribution in [-0.4, -0.2) is 29.7 Å². The fourth-order valence-corrected chi connectivity index (χ4v) is 2.05. The second-order valence-electron chi connectivity index (χ2n) is 4.14. The first-order valence-electron chi connectivity index (χ1n) is 4.32. The third-order valence-corrected chi connectivity index (χ3v) is 2.37. The Morgan fingerprint density at radius 3 is 2.50 bits per heavy atom. The fourth-order valence-electron chi connectivity index (χ4n) is 2.05. The summed E-state index contributed by atoms with van der Waals surface area (Å²) in [5, 5.41) is 9.71. The molecule has 3 nitrogen and oxygen atoms in total. The average Bonchev–Trinajstić information content (AvgIpc) is 1.82. The fraction of sp³-hybridized carbons (Fsp3) is 1.00. The van der Waals surface area contributed by atoms with Gasteiger partial charge in [-0.1, -0.05) is 0 Å². The van der Waals surface area contributed by atoms with Crippen molar-refractivity contribution in [3.63, 3.8) is 0 Å². The molecule has 0 saturated carbocycles. The minimum absolute atomic E-state index is 0.0544. The van der Waals surface area contributed by atoms with E-state index < -0.39 is 5.79 Å². The molecule has 0 spiro atoms. The molecule has 3 atom stereocenters. The number of ether oxygens (including phenoxy) is 2. The maximum Gasteiger partial charge on any atom is 0.165 e. The predicted molar refractivity (Wildman–Crippen MR) is 45.8 cm³/mol. The van der Waals surface area contributed by atoms with Crippen LogP contribution in [0.25, 0.3) is 0 Å². The van der Waals surface area contributed by atoms with Gasteiger partial charge >= 0.3 is 0 Å². The van der Waals surface area contributed by atoms with Gasteiger partial charge in [-0.3, -0.25) is 0 Å². The van der Waals surface area contributed by atoms with Crippen LogP contribution >= 0.6 is 0 Å². The largest absolute Gasteiger partial charge is 0.378 e. The molecule has 0 aromatic carbocycles. The van der Waals surface area contributed by atoms with Crippen molar-refractivity contribution in [3.05, 3.63) is 0 Å². The quantitative estimate of drug-likeness (QED) is 0.651. The molecule has 1 aliphatic heterocycles. The van der Waals surface area contributed by atoms with Crippen LogP contribution in [0.15, 0.2) is 0 Å². The van der Waals surface area contributed by atoms with Crippen LogP contribution in [0.4, 0.5) is 0 Å². The van der Waals surface area contributed by atoms with E-state index in [1.807, 2.05) is 13.8 Å². The van der Waals surface area contributed by atoms with Crippen molar-refractivity contribution >= 4 is 0 Å². The molecule has 0 aromatic rings. The number of aliphatic hydroxyl groups is 1. The highest BCUT2D eigenvalue weighted by Crippen LogP contribution is 2.35. The lowest BCUT2D eigenvalue weighted by Crippen LogP contribution is -2.49. The molecule has 1 heterocycles. The molecule has 0 radical (unpaired) electrons. The summed E-state index contributed by atoms with van der Waals surface area (Å²) in [6.07, 6.45) is 1.42. The molecular formula is C9H18O3. The highest BCUT2D eigenvalue weighted by molar-refractivity contribution is 4.88. The summed E-state index contributed by atoms with van der Waals surface area (Å²) >= 11 is 0. The zero-order valence-corrected chi connectivity index (χ0v) is 8.26. The molecule has 1 fully saturated rings. The van der Waals surface area contributed by atoms with Gasteiger partial charge in [0.2, 0.25) is 0 Å². The first-order valence-corrected chi connectivity index (χ1v) is 4.32. The van der Waals surface area contributed by atoms with Gasteiger partial charge in [-0.25, -0.2) is 0 Å². The highest BCUT2D eigenvalue weighted by atomic mass is 16.6. The lowest BCUT2D eigenvalue weighted by molar-refractivity contribution is -0.279. The van der Waals surface area contributed by atoms with Crippen molar-refractivity contribution in [1.82, 2.24) is 0 Å². The van der Waals surface area contributed by atoms with E-state index in [2.05, 4.69) is 0 Å². The topological polar surface area (TPSA) is 38.7 Å². The third kappa shape index (κ3) is 2.19. The summed E-state index contributed by atoms with van der Waals surface area (Å²) < 4.78 is 10.7. The van der Waals surface area contributed by atoms with Crippen molar-refractivity contribution < 1.29 is 14.6 Å². The van der Waals surface area contributed by atoms with Crippen molar-refractivity contribution in [3.8, 4) is 0 Å². The van der Waals surface area contributed by atoms with Crippen LogP contribution in [0.1, 0.15) is 33.6 Å². The standard InChI is InChI=1S/C9H18O3/c1-7-5-8(2,11-4)6-9(3,10)12-7/h7,10H,5-6H2,1-4H3/t7-,8-,9+/m0/s1. The van der Waals surface area contributed by atoms with Crippen LogP contribution in [-0.2, 0) is 9.47 Å². The molecule has 72 valence electrons. The van der Waals surface area contributed by atoms with Crippen molar-refractivity contribution in [1.29, 1.82) is 0 Å². The molecule has 1 rings (SSSR count). The monoisotopic (exact) mass is 174 g/mol. The van der Waals surface area contributed by atoms with Crippen LogP contribution in [0.3, 0.4) is 0 Å². The minimum Gasteiger partial charge on any atom is -0.378 e. The normalized spacial score (nSPS) is 49.2. The average molecular weight is 174 g/mol. The summed E-state index contributed by atoms with van der Waals surface area (Å²) in [7, 11) is 1.67. The smallest absolute Gasteiger partial charge is 0.165 e. The van der Waals surface area contributed by atoms with E-state index >= 15 is 0 Å². The number of hydrogen-bond donors (Lipinski definition) is 1. The van der Waals surface area contributed by atoms with Gasteiger partial charge in [-0.15, -0.1) is 0 Å². The second-order valence-corrected chi connectivity index (χ2v) is 4.14. The molecule has 0 aromatic heterocycles. The molecule has 0 amide bonds. The maximum absolute atomic E-state index is 9.71. The lowest BCUT2D eigenvalue weighted by atomic mass is 9.88.